The molecule has 0 bridgehead atoms. The van der Waals surface area contributed by atoms with Crippen molar-refractivity contribution in [3.63, 3.8) is 0 Å². The molecule has 4 nitrogen and oxygen atoms in total. The molecule has 1 N–H and O–H groups in total. The first kappa shape index (κ1) is 18.1. The molecule has 0 unspecified atom stereocenters. The van der Waals surface area contributed by atoms with Gasteiger partial charge in [0, 0.05) is 23.9 Å². The lowest BCUT2D eigenvalue weighted by atomic mass is 10.2. The van der Waals surface area contributed by atoms with Crippen LogP contribution in [0.25, 0.3) is 10.6 Å². The van der Waals surface area contributed by atoms with Gasteiger partial charge < -0.3 is 10.1 Å². The van der Waals surface area contributed by atoms with Crippen LogP contribution >= 0.6 is 11.3 Å². The zero-order valence-electron chi connectivity index (χ0n) is 14.2. The van der Waals surface area contributed by atoms with Gasteiger partial charge >= 0.3 is 0 Å². The number of aromatic nitrogens is 1. The van der Waals surface area contributed by atoms with E-state index in [1.807, 2.05) is 35.7 Å². The van der Waals surface area contributed by atoms with Gasteiger partial charge in [-0.1, -0.05) is 30.3 Å². The first-order valence-electron chi connectivity index (χ1n) is 8.36. The number of hydrogen-bond donors (Lipinski definition) is 1. The molecule has 6 heteroatoms. The second-order valence-electron chi connectivity index (χ2n) is 5.64. The molecule has 2 aromatic carbocycles. The summed E-state index contributed by atoms with van der Waals surface area (Å²) in [6, 6.07) is 16.0. The number of carbonyl (C=O) groups is 1. The fraction of sp³-hybridized carbons (Fsp3) is 0.200. The Morgan fingerprint density at radius 2 is 1.88 bits per heavy atom. The predicted octanol–water partition coefficient (Wildman–Crippen LogP) is 4.08. The molecule has 0 saturated heterocycles. The van der Waals surface area contributed by atoms with Crippen LogP contribution in [0.5, 0.6) is 5.75 Å². The Balaban J connectivity index is 1.40. The third kappa shape index (κ3) is 5.13. The molecule has 0 spiro atoms. The summed E-state index contributed by atoms with van der Waals surface area (Å²) in [6.45, 7) is 0.828. The monoisotopic (exact) mass is 370 g/mol. The summed E-state index contributed by atoms with van der Waals surface area (Å²) in [4.78, 5) is 16.3. The lowest BCUT2D eigenvalue weighted by molar-refractivity contribution is -0.121. The zero-order chi connectivity index (χ0) is 18.2. The van der Waals surface area contributed by atoms with E-state index >= 15 is 0 Å². The van der Waals surface area contributed by atoms with Crippen LogP contribution in [0.4, 0.5) is 4.39 Å². The second-order valence-corrected chi connectivity index (χ2v) is 6.49. The fourth-order valence-electron chi connectivity index (χ4n) is 2.38. The van der Waals surface area contributed by atoms with Crippen LogP contribution in [0, 0.1) is 5.82 Å². The summed E-state index contributed by atoms with van der Waals surface area (Å²) in [6.07, 6.45) is 0.905. The van der Waals surface area contributed by atoms with Crippen molar-refractivity contribution >= 4 is 17.2 Å². The normalized spacial score (nSPS) is 10.5. The average Bonchev–Trinajstić information content (AvgIpc) is 3.12. The summed E-state index contributed by atoms with van der Waals surface area (Å²) >= 11 is 1.40. The van der Waals surface area contributed by atoms with Gasteiger partial charge in [0.1, 0.15) is 16.6 Å². The maximum Gasteiger partial charge on any atom is 0.223 e. The Morgan fingerprint density at radius 3 is 2.69 bits per heavy atom. The van der Waals surface area contributed by atoms with E-state index in [0.717, 1.165) is 11.4 Å². The molecule has 0 saturated carbocycles. The fourth-order valence-corrected chi connectivity index (χ4v) is 3.26. The van der Waals surface area contributed by atoms with E-state index in [1.165, 1.54) is 17.4 Å². The van der Waals surface area contributed by atoms with Gasteiger partial charge in [-0.05, 0) is 24.3 Å². The van der Waals surface area contributed by atoms with E-state index in [1.54, 1.807) is 18.2 Å². The highest BCUT2D eigenvalue weighted by Gasteiger charge is 2.09. The number of hydrogen-bond acceptors (Lipinski definition) is 4. The molecule has 1 aromatic heterocycles. The lowest BCUT2D eigenvalue weighted by Gasteiger charge is -2.06. The van der Waals surface area contributed by atoms with E-state index in [2.05, 4.69) is 10.3 Å². The van der Waals surface area contributed by atoms with Gasteiger partial charge in [0.05, 0.1) is 18.7 Å². The molecule has 1 heterocycles. The van der Waals surface area contributed by atoms with Gasteiger partial charge in [-0.2, -0.15) is 0 Å². The number of rotatable bonds is 8. The van der Waals surface area contributed by atoms with Crippen molar-refractivity contribution < 1.29 is 13.9 Å². The number of thiazole rings is 1. The quantitative estimate of drug-likeness (QED) is 0.650. The van der Waals surface area contributed by atoms with Crippen LogP contribution in [-0.4, -0.2) is 24.0 Å². The Hall–Kier alpha value is -2.73. The van der Waals surface area contributed by atoms with E-state index in [4.69, 9.17) is 4.74 Å². The minimum absolute atomic E-state index is 0.0644. The van der Waals surface area contributed by atoms with Gasteiger partial charge in [-0.3, -0.25) is 4.79 Å². The van der Waals surface area contributed by atoms with Crippen LogP contribution in [0.3, 0.4) is 0 Å². The Bertz CT molecular complexity index is 852. The number of nitrogens with zero attached hydrogens (tertiary/aromatic N) is 1. The SMILES string of the molecule is O=C(CCOc1ccccc1)NCCc1csc(-c2ccccc2F)n1. The molecule has 26 heavy (non-hydrogen) atoms. The van der Waals surface area contributed by atoms with E-state index in [9.17, 15) is 9.18 Å². The highest BCUT2D eigenvalue weighted by Crippen LogP contribution is 2.26. The van der Waals surface area contributed by atoms with Gasteiger partial charge in [0.25, 0.3) is 0 Å². The zero-order valence-corrected chi connectivity index (χ0v) is 15.0. The number of nitrogens with one attached hydrogen (secondary N) is 1. The number of benzene rings is 2. The largest absolute Gasteiger partial charge is 0.493 e. The molecule has 134 valence electrons. The molecule has 0 radical (unpaired) electrons. The molecular weight excluding hydrogens is 351 g/mol. The van der Waals surface area contributed by atoms with Crippen molar-refractivity contribution in [3.05, 3.63) is 71.5 Å². The third-order valence-corrected chi connectivity index (χ3v) is 4.62. The Labute approximate surface area is 155 Å². The average molecular weight is 370 g/mol. The van der Waals surface area contributed by atoms with E-state index in [0.29, 0.717) is 36.6 Å². The van der Waals surface area contributed by atoms with Crippen molar-refractivity contribution in [1.29, 1.82) is 0 Å². The van der Waals surface area contributed by atoms with Crippen LogP contribution in [0.1, 0.15) is 12.1 Å². The number of carbonyl (C=O) groups excluding carboxylic acids is 1. The summed E-state index contributed by atoms with van der Waals surface area (Å²) in [7, 11) is 0. The van der Waals surface area contributed by atoms with Crippen LogP contribution in [0.2, 0.25) is 0 Å². The molecule has 0 aliphatic rings. The number of para-hydroxylation sites is 1. The standard InChI is InChI=1S/C20H19FN2O2S/c21-18-9-5-4-8-17(18)20-23-15(14-26-20)10-12-22-19(24)11-13-25-16-6-2-1-3-7-16/h1-9,14H,10-13H2,(H,22,24). The Morgan fingerprint density at radius 1 is 1.12 bits per heavy atom. The summed E-state index contributed by atoms with van der Waals surface area (Å²) in [5, 5.41) is 5.40. The molecule has 0 aliphatic carbocycles. The second kappa shape index (κ2) is 9.10. The molecule has 3 rings (SSSR count). The number of amides is 1. The smallest absolute Gasteiger partial charge is 0.223 e. The van der Waals surface area contributed by atoms with Crippen molar-refractivity contribution in [2.75, 3.05) is 13.2 Å². The van der Waals surface area contributed by atoms with Crippen molar-refractivity contribution in [1.82, 2.24) is 10.3 Å². The topological polar surface area (TPSA) is 51.2 Å². The highest BCUT2D eigenvalue weighted by atomic mass is 32.1. The maximum atomic E-state index is 13.8. The van der Waals surface area contributed by atoms with Crippen molar-refractivity contribution in [2.45, 2.75) is 12.8 Å². The molecule has 0 aliphatic heterocycles. The minimum atomic E-state index is -0.278. The van der Waals surface area contributed by atoms with Crippen LogP contribution in [-0.2, 0) is 11.2 Å². The van der Waals surface area contributed by atoms with Crippen LogP contribution < -0.4 is 10.1 Å². The summed E-state index contributed by atoms with van der Waals surface area (Å²) in [5.41, 5.74) is 1.35. The van der Waals surface area contributed by atoms with Crippen LogP contribution in [0.15, 0.2) is 60.0 Å². The van der Waals surface area contributed by atoms with E-state index < -0.39 is 0 Å². The van der Waals surface area contributed by atoms with Crippen molar-refractivity contribution in [3.8, 4) is 16.3 Å². The molecule has 0 atom stereocenters. The summed E-state index contributed by atoms with van der Waals surface area (Å²) in [5.74, 6) is 0.411. The maximum absolute atomic E-state index is 13.8. The summed E-state index contributed by atoms with van der Waals surface area (Å²) < 4.78 is 19.3. The van der Waals surface area contributed by atoms with Gasteiger partial charge in [0.2, 0.25) is 5.91 Å². The molecular formula is C20H19FN2O2S. The first-order chi connectivity index (χ1) is 12.7. The lowest BCUT2D eigenvalue weighted by Crippen LogP contribution is -2.27. The van der Waals surface area contributed by atoms with Gasteiger partial charge in [-0.15, -0.1) is 11.3 Å². The van der Waals surface area contributed by atoms with E-state index in [-0.39, 0.29) is 11.7 Å². The Kier molecular flexibility index (Phi) is 6.33. The highest BCUT2D eigenvalue weighted by molar-refractivity contribution is 7.13. The van der Waals surface area contributed by atoms with Crippen molar-refractivity contribution in [2.24, 2.45) is 0 Å². The van der Waals surface area contributed by atoms with Gasteiger partial charge in [0.15, 0.2) is 0 Å². The predicted molar refractivity (Wildman–Crippen MR) is 101 cm³/mol. The van der Waals surface area contributed by atoms with Gasteiger partial charge in [-0.25, -0.2) is 9.37 Å². The number of ether oxygens (including phenoxy) is 1. The molecule has 1 amide bonds. The first-order valence-corrected chi connectivity index (χ1v) is 9.24. The molecule has 0 fully saturated rings. The molecule has 3 aromatic rings. The number of halogens is 1. The third-order valence-electron chi connectivity index (χ3n) is 3.70. The minimum Gasteiger partial charge on any atom is -0.493 e.